The van der Waals surface area contributed by atoms with Crippen LogP contribution in [0.3, 0.4) is 0 Å². The van der Waals surface area contributed by atoms with Crippen molar-refractivity contribution >= 4 is 92.3 Å². The number of benzene rings is 3. The monoisotopic (exact) mass is 673 g/mol. The van der Waals surface area contributed by atoms with Crippen molar-refractivity contribution in [2.75, 3.05) is 7.11 Å². The second-order valence-corrected chi connectivity index (χ2v) is 10.9. The number of thioether (sulfide) groups is 1. The maximum absolute atomic E-state index is 13.0. The number of methoxy groups -OCH3 is 1. The standard InChI is InChI=1S/C25H15Cl3INO5S/c1-34-20-10-14(9-19(29)22(20)35-24(32)15-3-5-16(26)6-4-15)11-21-23(31)30(25(33)36-21)12-13-2-7-17(27)18(28)8-13/h2-11H,12H2,1H3/b21-11-. The molecule has 0 spiro atoms. The molecule has 1 saturated heterocycles. The van der Waals surface area contributed by atoms with Gasteiger partial charge in [0, 0.05) is 5.02 Å². The van der Waals surface area contributed by atoms with E-state index >= 15 is 0 Å². The Kier molecular flexibility index (Phi) is 8.52. The summed E-state index contributed by atoms with van der Waals surface area (Å²) in [7, 11) is 1.44. The number of imide groups is 1. The lowest BCUT2D eigenvalue weighted by Crippen LogP contribution is -2.27. The summed E-state index contributed by atoms with van der Waals surface area (Å²) in [6.45, 7) is 0.0688. The number of hydrogen-bond donors (Lipinski definition) is 0. The van der Waals surface area contributed by atoms with Crippen LogP contribution in [0.5, 0.6) is 11.5 Å². The van der Waals surface area contributed by atoms with E-state index in [4.69, 9.17) is 44.3 Å². The van der Waals surface area contributed by atoms with E-state index in [9.17, 15) is 14.4 Å². The first-order valence-electron chi connectivity index (χ1n) is 10.2. The van der Waals surface area contributed by atoms with Crippen LogP contribution in [-0.4, -0.2) is 29.1 Å². The van der Waals surface area contributed by atoms with Crippen LogP contribution >= 0.6 is 69.2 Å². The van der Waals surface area contributed by atoms with E-state index in [0.717, 1.165) is 16.7 Å². The zero-order valence-corrected chi connectivity index (χ0v) is 23.6. The van der Waals surface area contributed by atoms with E-state index in [1.165, 1.54) is 7.11 Å². The van der Waals surface area contributed by atoms with Gasteiger partial charge in [0.1, 0.15) is 0 Å². The van der Waals surface area contributed by atoms with Gasteiger partial charge in [0.25, 0.3) is 11.1 Å². The highest BCUT2D eigenvalue weighted by atomic mass is 127. The molecule has 0 bridgehead atoms. The zero-order chi connectivity index (χ0) is 26.0. The molecule has 6 nitrogen and oxygen atoms in total. The second kappa shape index (κ2) is 11.4. The molecule has 36 heavy (non-hydrogen) atoms. The molecule has 1 fully saturated rings. The Hall–Kier alpha value is -2.24. The summed E-state index contributed by atoms with van der Waals surface area (Å²) in [5, 5.41) is 0.840. The first kappa shape index (κ1) is 26.8. The molecule has 0 aromatic heterocycles. The molecule has 1 aliphatic heterocycles. The topological polar surface area (TPSA) is 72.9 Å². The quantitative estimate of drug-likeness (QED) is 0.115. The van der Waals surface area contributed by atoms with Gasteiger partial charge in [-0.25, -0.2) is 4.79 Å². The van der Waals surface area contributed by atoms with Gasteiger partial charge in [-0.05, 0) is 100 Å². The van der Waals surface area contributed by atoms with Crippen molar-refractivity contribution in [3.63, 3.8) is 0 Å². The van der Waals surface area contributed by atoms with Gasteiger partial charge in [0.2, 0.25) is 0 Å². The predicted molar refractivity (Wildman–Crippen MR) is 150 cm³/mol. The van der Waals surface area contributed by atoms with Crippen molar-refractivity contribution in [1.29, 1.82) is 0 Å². The first-order valence-corrected chi connectivity index (χ1v) is 13.2. The number of ether oxygens (including phenoxy) is 2. The van der Waals surface area contributed by atoms with Crippen molar-refractivity contribution in [3.05, 3.63) is 94.8 Å². The number of carbonyl (C=O) groups excluding carboxylic acids is 3. The minimum absolute atomic E-state index is 0.0688. The van der Waals surface area contributed by atoms with Crippen LogP contribution in [0.4, 0.5) is 4.79 Å². The number of hydrogen-bond acceptors (Lipinski definition) is 6. The Balaban J connectivity index is 1.56. The number of rotatable bonds is 6. The van der Waals surface area contributed by atoms with Gasteiger partial charge in [-0.2, -0.15) is 0 Å². The van der Waals surface area contributed by atoms with Gasteiger partial charge in [0.15, 0.2) is 11.5 Å². The average Bonchev–Trinajstić information content (AvgIpc) is 3.10. The fourth-order valence-corrected chi connectivity index (χ4v) is 5.29. The van der Waals surface area contributed by atoms with E-state index in [1.54, 1.807) is 60.7 Å². The summed E-state index contributed by atoms with van der Waals surface area (Å²) in [5.41, 5.74) is 1.61. The van der Waals surface area contributed by atoms with Gasteiger partial charge in [-0.15, -0.1) is 0 Å². The van der Waals surface area contributed by atoms with Crippen molar-refractivity contribution in [2.24, 2.45) is 0 Å². The summed E-state index contributed by atoms with van der Waals surface area (Å²) < 4.78 is 11.6. The fraction of sp³-hybridized carbons (Fsp3) is 0.0800. The summed E-state index contributed by atoms with van der Waals surface area (Å²) in [4.78, 5) is 39.5. The molecule has 1 aliphatic rings. The molecule has 4 rings (SSSR count). The molecule has 0 N–H and O–H groups in total. The van der Waals surface area contributed by atoms with Crippen LogP contribution in [0.2, 0.25) is 15.1 Å². The van der Waals surface area contributed by atoms with E-state index < -0.39 is 17.1 Å². The third-order valence-electron chi connectivity index (χ3n) is 5.02. The van der Waals surface area contributed by atoms with E-state index in [-0.39, 0.29) is 17.2 Å². The van der Waals surface area contributed by atoms with E-state index in [0.29, 0.717) is 41.1 Å². The molecular weight excluding hydrogens is 660 g/mol. The van der Waals surface area contributed by atoms with Crippen LogP contribution in [0.1, 0.15) is 21.5 Å². The molecule has 184 valence electrons. The molecule has 0 unspecified atom stereocenters. The third-order valence-corrected chi connectivity index (χ3v) is 7.72. The number of esters is 1. The Morgan fingerprint density at radius 3 is 2.42 bits per heavy atom. The largest absolute Gasteiger partial charge is 0.493 e. The number of halogens is 4. The minimum Gasteiger partial charge on any atom is -0.493 e. The lowest BCUT2D eigenvalue weighted by Gasteiger charge is -2.13. The van der Waals surface area contributed by atoms with Crippen LogP contribution in [0.15, 0.2) is 59.5 Å². The molecular formula is C25H15Cl3INO5S. The molecule has 2 amide bonds. The summed E-state index contributed by atoms with van der Waals surface area (Å²) in [6, 6.07) is 14.6. The molecule has 3 aromatic rings. The van der Waals surface area contributed by atoms with Gasteiger partial charge in [-0.1, -0.05) is 40.9 Å². The van der Waals surface area contributed by atoms with Crippen LogP contribution in [0.25, 0.3) is 6.08 Å². The van der Waals surface area contributed by atoms with Gasteiger partial charge in [0.05, 0.1) is 37.7 Å². The van der Waals surface area contributed by atoms with Crippen molar-refractivity contribution in [1.82, 2.24) is 4.90 Å². The van der Waals surface area contributed by atoms with Crippen LogP contribution in [-0.2, 0) is 11.3 Å². The predicted octanol–water partition coefficient (Wildman–Crippen LogP) is 7.72. The molecule has 11 heteroatoms. The highest BCUT2D eigenvalue weighted by Crippen LogP contribution is 2.38. The van der Waals surface area contributed by atoms with Crippen molar-refractivity contribution in [3.8, 4) is 11.5 Å². The van der Waals surface area contributed by atoms with Crippen LogP contribution in [0, 0.1) is 3.57 Å². The highest BCUT2D eigenvalue weighted by Gasteiger charge is 2.35. The number of amides is 2. The molecule has 0 saturated carbocycles. The SMILES string of the molecule is COc1cc(/C=C2\SC(=O)N(Cc3ccc(Cl)c(Cl)c3)C2=O)cc(I)c1OC(=O)c1ccc(Cl)cc1. The minimum atomic E-state index is -0.570. The molecule has 0 radical (unpaired) electrons. The fourth-order valence-electron chi connectivity index (χ4n) is 3.27. The maximum atomic E-state index is 13.0. The Labute approximate surface area is 239 Å². The molecule has 0 atom stereocenters. The summed E-state index contributed by atoms with van der Waals surface area (Å²) in [6.07, 6.45) is 1.59. The third kappa shape index (κ3) is 6.00. The van der Waals surface area contributed by atoms with Crippen LogP contribution < -0.4 is 9.47 Å². The molecule has 1 heterocycles. The number of carbonyl (C=O) groups is 3. The maximum Gasteiger partial charge on any atom is 0.343 e. The smallest absolute Gasteiger partial charge is 0.343 e. The van der Waals surface area contributed by atoms with Crippen molar-refractivity contribution < 1.29 is 23.9 Å². The summed E-state index contributed by atoms with van der Waals surface area (Å²) in [5.74, 6) is -0.462. The normalized spacial score (nSPS) is 14.5. The highest BCUT2D eigenvalue weighted by molar-refractivity contribution is 14.1. The average molecular weight is 675 g/mol. The Bertz CT molecular complexity index is 1410. The molecule has 0 aliphatic carbocycles. The van der Waals surface area contributed by atoms with Gasteiger partial charge < -0.3 is 9.47 Å². The van der Waals surface area contributed by atoms with Crippen molar-refractivity contribution in [2.45, 2.75) is 6.54 Å². The van der Waals surface area contributed by atoms with E-state index in [1.807, 2.05) is 22.6 Å². The lowest BCUT2D eigenvalue weighted by molar-refractivity contribution is -0.123. The van der Waals surface area contributed by atoms with E-state index in [2.05, 4.69) is 0 Å². The lowest BCUT2D eigenvalue weighted by atomic mass is 10.1. The summed E-state index contributed by atoms with van der Waals surface area (Å²) >= 11 is 20.7. The van der Waals surface area contributed by atoms with Gasteiger partial charge in [-0.3, -0.25) is 14.5 Å². The second-order valence-electron chi connectivity index (χ2n) is 7.45. The number of nitrogens with zero attached hydrogens (tertiary/aromatic N) is 1. The zero-order valence-electron chi connectivity index (χ0n) is 18.4. The molecule has 3 aromatic carbocycles. The Morgan fingerprint density at radius 1 is 1.03 bits per heavy atom. The Morgan fingerprint density at radius 2 is 1.75 bits per heavy atom. The first-order chi connectivity index (χ1) is 17.2. The van der Waals surface area contributed by atoms with Gasteiger partial charge >= 0.3 is 5.97 Å².